The third-order valence-corrected chi connectivity index (χ3v) is 5.29. The average molecular weight is 275 g/mol. The second-order valence-corrected chi connectivity index (χ2v) is 6.36. The summed E-state index contributed by atoms with van der Waals surface area (Å²) in [4.78, 5) is 0. The number of fused-ring (bicyclic) bond motifs is 1. The molecule has 19 heavy (non-hydrogen) atoms. The van der Waals surface area contributed by atoms with Crippen LogP contribution in [0, 0.1) is 0 Å². The van der Waals surface area contributed by atoms with E-state index in [9.17, 15) is 0 Å². The molecule has 1 aliphatic carbocycles. The number of thioether (sulfide) groups is 1. The standard InChI is InChI=1S/C15H21N3S/c1-18-14-8-4-3-6-11(14)13(17-18)10-16-12-7-5-9-15(12)19-2/h3-4,6,8,12,15-16H,5,7,9-10H2,1-2H3. The molecular formula is C15H21N3S. The van der Waals surface area contributed by atoms with Gasteiger partial charge in [0, 0.05) is 30.3 Å². The van der Waals surface area contributed by atoms with Gasteiger partial charge < -0.3 is 5.32 Å². The molecule has 3 nitrogen and oxygen atoms in total. The smallest absolute Gasteiger partial charge is 0.0841 e. The topological polar surface area (TPSA) is 29.9 Å². The molecule has 0 saturated heterocycles. The molecule has 0 amide bonds. The van der Waals surface area contributed by atoms with Crippen molar-refractivity contribution in [3.8, 4) is 0 Å². The molecule has 1 aliphatic rings. The molecule has 0 bridgehead atoms. The van der Waals surface area contributed by atoms with E-state index in [0.717, 1.165) is 11.8 Å². The number of hydrogen-bond donors (Lipinski definition) is 1. The van der Waals surface area contributed by atoms with Gasteiger partial charge in [-0.1, -0.05) is 24.6 Å². The highest BCUT2D eigenvalue weighted by atomic mass is 32.2. The Morgan fingerprint density at radius 3 is 3.05 bits per heavy atom. The van der Waals surface area contributed by atoms with Crippen molar-refractivity contribution < 1.29 is 0 Å². The minimum Gasteiger partial charge on any atom is -0.307 e. The third-order valence-electron chi connectivity index (χ3n) is 4.12. The molecular weight excluding hydrogens is 254 g/mol. The molecule has 1 aromatic carbocycles. The number of rotatable bonds is 4. The molecule has 1 heterocycles. The Balaban J connectivity index is 1.75. The van der Waals surface area contributed by atoms with Gasteiger partial charge in [0.05, 0.1) is 11.2 Å². The van der Waals surface area contributed by atoms with Crippen LogP contribution < -0.4 is 5.32 Å². The summed E-state index contributed by atoms with van der Waals surface area (Å²) in [7, 11) is 2.02. The highest BCUT2D eigenvalue weighted by Gasteiger charge is 2.26. The lowest BCUT2D eigenvalue weighted by Gasteiger charge is -2.18. The number of aromatic nitrogens is 2. The molecule has 3 rings (SSSR count). The summed E-state index contributed by atoms with van der Waals surface area (Å²) in [6.07, 6.45) is 6.23. The van der Waals surface area contributed by atoms with Gasteiger partial charge in [0.1, 0.15) is 0 Å². The average Bonchev–Trinajstić information content (AvgIpc) is 3.02. The molecule has 1 N–H and O–H groups in total. The highest BCUT2D eigenvalue weighted by Crippen LogP contribution is 2.28. The Morgan fingerprint density at radius 2 is 2.21 bits per heavy atom. The predicted octanol–water partition coefficient (Wildman–Crippen LogP) is 2.95. The van der Waals surface area contributed by atoms with E-state index >= 15 is 0 Å². The fourth-order valence-electron chi connectivity index (χ4n) is 3.09. The molecule has 1 saturated carbocycles. The van der Waals surface area contributed by atoms with Crippen LogP contribution in [0.15, 0.2) is 24.3 Å². The van der Waals surface area contributed by atoms with Crippen LogP contribution >= 0.6 is 11.8 Å². The second kappa shape index (κ2) is 5.55. The lowest BCUT2D eigenvalue weighted by molar-refractivity contribution is 0.525. The molecule has 1 fully saturated rings. The summed E-state index contributed by atoms with van der Waals surface area (Å²) in [6, 6.07) is 9.11. The zero-order chi connectivity index (χ0) is 13.2. The molecule has 2 atom stereocenters. The maximum atomic E-state index is 4.65. The number of benzene rings is 1. The lowest BCUT2D eigenvalue weighted by Crippen LogP contribution is -2.33. The van der Waals surface area contributed by atoms with Crippen molar-refractivity contribution in [2.75, 3.05) is 6.26 Å². The summed E-state index contributed by atoms with van der Waals surface area (Å²) in [5, 5.41) is 10.4. The first kappa shape index (κ1) is 13.0. The van der Waals surface area contributed by atoms with E-state index in [1.54, 1.807) is 0 Å². The van der Waals surface area contributed by atoms with Crippen LogP contribution in [0.4, 0.5) is 0 Å². The van der Waals surface area contributed by atoms with Crippen molar-refractivity contribution in [3.05, 3.63) is 30.0 Å². The number of nitrogens with one attached hydrogen (secondary N) is 1. The monoisotopic (exact) mass is 275 g/mol. The Labute approximate surface area is 118 Å². The number of para-hydroxylation sites is 1. The molecule has 0 aliphatic heterocycles. The largest absolute Gasteiger partial charge is 0.307 e. The van der Waals surface area contributed by atoms with Crippen molar-refractivity contribution in [1.82, 2.24) is 15.1 Å². The molecule has 1 aromatic heterocycles. The first-order chi connectivity index (χ1) is 9.29. The van der Waals surface area contributed by atoms with Gasteiger partial charge in [-0.3, -0.25) is 4.68 Å². The van der Waals surface area contributed by atoms with Crippen LogP contribution in [0.1, 0.15) is 25.0 Å². The second-order valence-electron chi connectivity index (χ2n) is 5.28. The van der Waals surface area contributed by atoms with Crippen molar-refractivity contribution in [2.24, 2.45) is 7.05 Å². The van der Waals surface area contributed by atoms with E-state index < -0.39 is 0 Å². The highest BCUT2D eigenvalue weighted by molar-refractivity contribution is 7.99. The lowest BCUT2D eigenvalue weighted by atomic mass is 10.2. The third kappa shape index (κ3) is 2.51. The van der Waals surface area contributed by atoms with Gasteiger partial charge in [0.2, 0.25) is 0 Å². The van der Waals surface area contributed by atoms with Gasteiger partial charge in [-0.05, 0) is 25.2 Å². The quantitative estimate of drug-likeness (QED) is 0.930. The van der Waals surface area contributed by atoms with Crippen LogP contribution in [-0.4, -0.2) is 27.3 Å². The number of aryl methyl sites for hydroxylation is 1. The van der Waals surface area contributed by atoms with Crippen molar-refractivity contribution in [3.63, 3.8) is 0 Å². The van der Waals surface area contributed by atoms with Gasteiger partial charge >= 0.3 is 0 Å². The van der Waals surface area contributed by atoms with Gasteiger partial charge in [-0.25, -0.2) is 0 Å². The summed E-state index contributed by atoms with van der Waals surface area (Å²) in [5.41, 5.74) is 2.39. The first-order valence-corrected chi connectivity index (χ1v) is 8.25. The van der Waals surface area contributed by atoms with E-state index in [1.807, 2.05) is 23.5 Å². The van der Waals surface area contributed by atoms with Crippen LogP contribution in [0.2, 0.25) is 0 Å². The van der Waals surface area contributed by atoms with E-state index in [-0.39, 0.29) is 0 Å². The predicted molar refractivity (Wildman–Crippen MR) is 82.5 cm³/mol. The van der Waals surface area contributed by atoms with E-state index in [2.05, 4.69) is 40.9 Å². The minimum absolute atomic E-state index is 0.649. The van der Waals surface area contributed by atoms with Crippen molar-refractivity contribution in [2.45, 2.75) is 37.1 Å². The zero-order valence-corrected chi connectivity index (χ0v) is 12.4. The van der Waals surface area contributed by atoms with Crippen LogP contribution in [0.3, 0.4) is 0 Å². The molecule has 0 radical (unpaired) electrons. The van der Waals surface area contributed by atoms with Gasteiger partial charge in [-0.15, -0.1) is 0 Å². The zero-order valence-electron chi connectivity index (χ0n) is 11.6. The van der Waals surface area contributed by atoms with Crippen LogP contribution in [-0.2, 0) is 13.6 Å². The van der Waals surface area contributed by atoms with Crippen molar-refractivity contribution >= 4 is 22.7 Å². The summed E-state index contributed by atoms with van der Waals surface area (Å²) >= 11 is 2.00. The Kier molecular flexibility index (Phi) is 3.80. The molecule has 2 aromatic rings. The molecule has 4 heteroatoms. The van der Waals surface area contributed by atoms with E-state index in [4.69, 9.17) is 0 Å². The summed E-state index contributed by atoms with van der Waals surface area (Å²) < 4.78 is 1.98. The molecule has 0 spiro atoms. The van der Waals surface area contributed by atoms with Gasteiger partial charge in [0.25, 0.3) is 0 Å². The normalized spacial score (nSPS) is 23.3. The Bertz CT molecular complexity index is 564. The van der Waals surface area contributed by atoms with E-state index in [0.29, 0.717) is 6.04 Å². The SMILES string of the molecule is CSC1CCCC1NCc1nn(C)c2ccccc12. The Morgan fingerprint density at radius 1 is 1.37 bits per heavy atom. The minimum atomic E-state index is 0.649. The molecule has 102 valence electrons. The van der Waals surface area contributed by atoms with Gasteiger partial charge in [-0.2, -0.15) is 16.9 Å². The summed E-state index contributed by atoms with van der Waals surface area (Å²) in [6.45, 7) is 0.878. The first-order valence-electron chi connectivity index (χ1n) is 6.96. The van der Waals surface area contributed by atoms with Crippen LogP contribution in [0.5, 0.6) is 0 Å². The summed E-state index contributed by atoms with van der Waals surface area (Å²) in [5.74, 6) is 0. The van der Waals surface area contributed by atoms with Gasteiger partial charge in [0.15, 0.2) is 0 Å². The number of hydrogen-bond acceptors (Lipinski definition) is 3. The number of nitrogens with zero attached hydrogens (tertiary/aromatic N) is 2. The fraction of sp³-hybridized carbons (Fsp3) is 0.533. The van der Waals surface area contributed by atoms with Crippen LogP contribution in [0.25, 0.3) is 10.9 Å². The molecule has 2 unspecified atom stereocenters. The fourth-order valence-corrected chi connectivity index (χ4v) is 4.05. The van der Waals surface area contributed by atoms with E-state index in [1.165, 1.54) is 35.9 Å². The van der Waals surface area contributed by atoms with Crippen molar-refractivity contribution in [1.29, 1.82) is 0 Å². The maximum absolute atomic E-state index is 4.65. The maximum Gasteiger partial charge on any atom is 0.0841 e. The Hall–Kier alpha value is -1.00.